The highest BCUT2D eigenvalue weighted by Gasteiger charge is 2.43. The molecule has 2 amide bonds. The number of carbonyl (C=O) groups is 2. The number of nitrogens with one attached hydrogen (secondary N) is 2. The molecule has 0 radical (unpaired) electrons. The predicted molar refractivity (Wildman–Crippen MR) is 170 cm³/mol. The Kier molecular flexibility index (Phi) is 11.8. The van der Waals surface area contributed by atoms with Crippen LogP contribution in [0.5, 0.6) is 0 Å². The van der Waals surface area contributed by atoms with Gasteiger partial charge in [-0.25, -0.2) is 0 Å². The minimum absolute atomic E-state index is 0.00831. The first-order valence-electron chi connectivity index (χ1n) is 16.4. The molecule has 0 aliphatic carbocycles. The quantitative estimate of drug-likeness (QED) is 0.250. The molecule has 2 heterocycles. The van der Waals surface area contributed by atoms with Crippen LogP contribution in [-0.4, -0.2) is 68.9 Å². The lowest BCUT2D eigenvalue weighted by Gasteiger charge is -2.50. The lowest BCUT2D eigenvalue weighted by Crippen LogP contribution is -2.63. The molecule has 0 atom stereocenters. The normalized spacial score (nSPS) is 22.6. The van der Waals surface area contributed by atoms with Crippen molar-refractivity contribution in [3.8, 4) is 0 Å². The van der Waals surface area contributed by atoms with Gasteiger partial charge in [0.05, 0.1) is 0 Å². The highest BCUT2D eigenvalue weighted by atomic mass is 16.2. The molecule has 234 valence electrons. The third-order valence-electron chi connectivity index (χ3n) is 8.73. The Hall–Kier alpha value is -1.14. The Morgan fingerprint density at radius 2 is 1.02 bits per heavy atom. The summed E-state index contributed by atoms with van der Waals surface area (Å²) >= 11 is 0. The van der Waals surface area contributed by atoms with Crippen LogP contribution in [0.2, 0.25) is 0 Å². The van der Waals surface area contributed by atoms with Gasteiger partial charge in [0.1, 0.15) is 0 Å². The Balaban J connectivity index is 2.00. The fourth-order valence-electron chi connectivity index (χ4n) is 7.76. The van der Waals surface area contributed by atoms with Crippen LogP contribution >= 0.6 is 0 Å². The van der Waals surface area contributed by atoms with E-state index >= 15 is 0 Å². The van der Waals surface area contributed by atoms with Crippen molar-refractivity contribution in [2.24, 2.45) is 5.41 Å². The summed E-state index contributed by atoms with van der Waals surface area (Å²) in [5, 5.41) is 7.55. The number of nitrogens with zero attached hydrogens (tertiary/aromatic N) is 2. The van der Waals surface area contributed by atoms with Crippen molar-refractivity contribution >= 4 is 11.8 Å². The van der Waals surface area contributed by atoms with Gasteiger partial charge in [0, 0.05) is 59.2 Å². The zero-order valence-electron chi connectivity index (χ0n) is 28.6. The summed E-state index contributed by atoms with van der Waals surface area (Å²) in [5.74, 6) is 0.605. The summed E-state index contributed by atoms with van der Waals surface area (Å²) in [6, 6.07) is 0.554. The number of carbonyl (C=O) groups excluding carboxylic acids is 2. The number of hydrogen-bond donors (Lipinski definition) is 2. The van der Waals surface area contributed by atoms with Gasteiger partial charge in [-0.15, -0.1) is 0 Å². The number of amides is 2. The molecule has 2 aliphatic heterocycles. The van der Waals surface area contributed by atoms with Crippen LogP contribution in [0.4, 0.5) is 0 Å². The molecule has 2 rings (SSSR count). The molecule has 0 unspecified atom stereocenters. The molecule has 6 nitrogen and oxygen atoms in total. The number of rotatable bonds is 12. The fraction of sp³-hybridized carbons (Fsp3) is 0.941. The van der Waals surface area contributed by atoms with Gasteiger partial charge in [-0.1, -0.05) is 47.0 Å². The zero-order valence-corrected chi connectivity index (χ0v) is 28.6. The van der Waals surface area contributed by atoms with Crippen LogP contribution in [0, 0.1) is 5.41 Å². The second-order valence-electron chi connectivity index (χ2n) is 16.8. The molecular formula is C34H66N4O2. The van der Waals surface area contributed by atoms with Crippen molar-refractivity contribution in [1.82, 2.24) is 20.4 Å². The van der Waals surface area contributed by atoms with Gasteiger partial charge < -0.3 is 20.4 Å². The Bertz CT molecular complexity index is 807. The van der Waals surface area contributed by atoms with Gasteiger partial charge in [-0.3, -0.25) is 9.59 Å². The Morgan fingerprint density at radius 1 is 0.650 bits per heavy atom. The largest absolute Gasteiger partial charge is 0.340 e. The molecule has 2 saturated heterocycles. The molecule has 0 bridgehead atoms. The standard InChI is InChI=1S/C34H66N4O2/c1-13-14-19-28(39)37(26-22-31(5,6)35-32(7,8)23-26)20-17-15-16-18-21-38(29(40)30(2,3)4)27-24-33(9,10)36-34(11,12)25-27/h26-27,35-36H,13-25H2,1-12H3. The Labute approximate surface area is 248 Å². The third-order valence-corrected chi connectivity index (χ3v) is 8.73. The van der Waals surface area contributed by atoms with Crippen LogP contribution in [0.25, 0.3) is 0 Å². The molecule has 0 spiro atoms. The third kappa shape index (κ3) is 10.9. The first kappa shape index (κ1) is 35.1. The first-order chi connectivity index (χ1) is 18.2. The van der Waals surface area contributed by atoms with E-state index in [9.17, 15) is 9.59 Å². The molecule has 0 saturated carbocycles. The molecule has 6 heteroatoms. The summed E-state index contributed by atoms with van der Waals surface area (Å²) in [6.45, 7) is 28.1. The maximum atomic E-state index is 13.6. The van der Waals surface area contributed by atoms with Crippen molar-refractivity contribution in [3.63, 3.8) is 0 Å². The van der Waals surface area contributed by atoms with E-state index < -0.39 is 0 Å². The lowest BCUT2D eigenvalue weighted by molar-refractivity contribution is -0.144. The van der Waals surface area contributed by atoms with E-state index in [4.69, 9.17) is 0 Å². The second kappa shape index (κ2) is 13.4. The molecule has 0 aromatic heterocycles. The highest BCUT2D eigenvalue weighted by molar-refractivity contribution is 5.82. The smallest absolute Gasteiger partial charge is 0.228 e. The van der Waals surface area contributed by atoms with Crippen molar-refractivity contribution in [3.05, 3.63) is 0 Å². The van der Waals surface area contributed by atoms with Crippen molar-refractivity contribution in [1.29, 1.82) is 0 Å². The number of hydrogen-bond acceptors (Lipinski definition) is 4. The maximum absolute atomic E-state index is 13.6. The van der Waals surface area contributed by atoms with Gasteiger partial charge in [-0.2, -0.15) is 0 Å². The molecule has 2 aliphatic rings. The van der Waals surface area contributed by atoms with E-state index in [0.29, 0.717) is 18.4 Å². The molecule has 40 heavy (non-hydrogen) atoms. The van der Waals surface area contributed by atoms with Gasteiger partial charge in [0.15, 0.2) is 0 Å². The van der Waals surface area contributed by atoms with Gasteiger partial charge in [0.2, 0.25) is 11.8 Å². The van der Waals surface area contributed by atoms with E-state index in [1.54, 1.807) is 0 Å². The first-order valence-corrected chi connectivity index (χ1v) is 16.4. The van der Waals surface area contributed by atoms with E-state index in [-0.39, 0.29) is 39.5 Å². The van der Waals surface area contributed by atoms with E-state index in [2.05, 4.69) is 82.7 Å². The summed E-state index contributed by atoms with van der Waals surface area (Å²) in [6.07, 6.45) is 10.9. The van der Waals surface area contributed by atoms with Crippen LogP contribution in [-0.2, 0) is 9.59 Å². The Morgan fingerprint density at radius 3 is 1.40 bits per heavy atom. The lowest BCUT2D eigenvalue weighted by atomic mass is 9.78. The summed E-state index contributed by atoms with van der Waals surface area (Å²) < 4.78 is 0. The van der Waals surface area contributed by atoms with Crippen LogP contribution < -0.4 is 10.6 Å². The molecular weight excluding hydrogens is 496 g/mol. The number of piperidine rings is 2. The van der Waals surface area contributed by atoms with Crippen LogP contribution in [0.15, 0.2) is 0 Å². The van der Waals surface area contributed by atoms with Gasteiger partial charge >= 0.3 is 0 Å². The van der Waals surface area contributed by atoms with E-state index in [1.165, 1.54) is 0 Å². The molecule has 2 fully saturated rings. The SMILES string of the molecule is CCCCC(=O)N(CCCCCCN(C(=O)C(C)(C)C)C1CC(C)(C)NC(C)(C)C1)C1CC(C)(C)NC(C)(C)C1. The molecule has 0 aromatic rings. The summed E-state index contributed by atoms with van der Waals surface area (Å²) in [7, 11) is 0. The highest BCUT2D eigenvalue weighted by Crippen LogP contribution is 2.35. The minimum Gasteiger partial charge on any atom is -0.340 e. The van der Waals surface area contributed by atoms with Crippen molar-refractivity contribution in [2.45, 2.75) is 188 Å². The zero-order chi connectivity index (χ0) is 30.6. The molecule has 0 aromatic carbocycles. The number of unbranched alkanes of at least 4 members (excludes halogenated alkanes) is 4. The average Bonchev–Trinajstić information content (AvgIpc) is 2.74. The maximum Gasteiger partial charge on any atom is 0.228 e. The minimum atomic E-state index is -0.380. The van der Waals surface area contributed by atoms with Crippen molar-refractivity contribution in [2.75, 3.05) is 13.1 Å². The van der Waals surface area contributed by atoms with E-state index in [0.717, 1.165) is 77.3 Å². The predicted octanol–water partition coefficient (Wildman–Crippen LogP) is 7.06. The fourth-order valence-corrected chi connectivity index (χ4v) is 7.76. The topological polar surface area (TPSA) is 64.7 Å². The second-order valence-corrected chi connectivity index (χ2v) is 16.8. The van der Waals surface area contributed by atoms with Crippen molar-refractivity contribution < 1.29 is 9.59 Å². The molecule has 2 N–H and O–H groups in total. The summed E-state index contributed by atoms with van der Waals surface area (Å²) in [5.41, 5.74) is -0.315. The van der Waals surface area contributed by atoms with Crippen LogP contribution in [0.3, 0.4) is 0 Å². The van der Waals surface area contributed by atoms with E-state index in [1.807, 2.05) is 20.8 Å². The average molecular weight is 563 g/mol. The van der Waals surface area contributed by atoms with Gasteiger partial charge in [0.25, 0.3) is 0 Å². The van der Waals surface area contributed by atoms with Crippen LogP contribution in [0.1, 0.15) is 154 Å². The van der Waals surface area contributed by atoms with Gasteiger partial charge in [-0.05, 0) is 100 Å². The summed E-state index contributed by atoms with van der Waals surface area (Å²) in [4.78, 5) is 31.4. The monoisotopic (exact) mass is 563 g/mol.